The summed E-state index contributed by atoms with van der Waals surface area (Å²) in [5.74, 6) is -0.0642. The Kier molecular flexibility index (Phi) is 5.59. The van der Waals surface area contributed by atoms with Crippen molar-refractivity contribution in [2.75, 3.05) is 20.8 Å². The van der Waals surface area contributed by atoms with E-state index in [1.165, 1.54) is 20.3 Å². The van der Waals surface area contributed by atoms with Gasteiger partial charge in [-0.25, -0.2) is 4.79 Å². The van der Waals surface area contributed by atoms with Crippen LogP contribution >= 0.6 is 0 Å². The fourth-order valence-electron chi connectivity index (χ4n) is 2.53. The first-order valence-corrected chi connectivity index (χ1v) is 7.49. The Morgan fingerprint density at radius 1 is 1.20 bits per heavy atom. The summed E-state index contributed by atoms with van der Waals surface area (Å²) in [5.41, 5.74) is 1.94. The number of aromatic nitrogens is 1. The highest BCUT2D eigenvalue weighted by atomic mass is 16.5. The second-order valence-electron chi connectivity index (χ2n) is 5.35. The molecule has 0 bridgehead atoms. The molecule has 2 aromatic rings. The monoisotopic (exact) mass is 345 g/mol. The first-order chi connectivity index (χ1) is 11.9. The Bertz CT molecular complexity index is 821. The van der Waals surface area contributed by atoms with Crippen LogP contribution in [-0.4, -0.2) is 43.8 Å². The molecule has 0 saturated carbocycles. The molecular formula is C18H19NO6. The number of benzene rings is 1. The van der Waals surface area contributed by atoms with Crippen molar-refractivity contribution in [2.24, 2.45) is 0 Å². The largest absolute Gasteiger partial charge is 0.497 e. The molecule has 1 heterocycles. The standard InChI is InChI=1S/C18H19NO6/c1-10-16(18(22)24-4)11(2)19-17(10)14(21)9-25-15-6-5-13(23-3)7-12(15)8-20/h5-8,19H,9H2,1-4H3. The fraction of sp³-hybridized carbons (Fsp3) is 0.278. The Morgan fingerprint density at radius 2 is 1.92 bits per heavy atom. The van der Waals surface area contributed by atoms with Crippen LogP contribution in [0.5, 0.6) is 11.5 Å². The Labute approximate surface area is 144 Å². The third kappa shape index (κ3) is 3.71. The van der Waals surface area contributed by atoms with Crippen LogP contribution in [0.3, 0.4) is 0 Å². The summed E-state index contributed by atoms with van der Waals surface area (Å²) in [6.45, 7) is 3.06. The molecule has 1 aromatic carbocycles. The third-order valence-corrected chi connectivity index (χ3v) is 3.81. The maximum atomic E-state index is 12.4. The summed E-state index contributed by atoms with van der Waals surface area (Å²) in [4.78, 5) is 38.2. The topological polar surface area (TPSA) is 94.7 Å². The van der Waals surface area contributed by atoms with Crippen LogP contribution in [0, 0.1) is 13.8 Å². The number of aryl methyl sites for hydroxylation is 1. The molecule has 0 amide bonds. The molecule has 0 spiro atoms. The first kappa shape index (κ1) is 18.3. The van der Waals surface area contributed by atoms with Crippen molar-refractivity contribution < 1.29 is 28.6 Å². The Morgan fingerprint density at radius 3 is 2.52 bits per heavy atom. The predicted octanol–water partition coefficient (Wildman–Crippen LogP) is 2.50. The second-order valence-corrected chi connectivity index (χ2v) is 5.35. The van der Waals surface area contributed by atoms with Gasteiger partial charge in [0.25, 0.3) is 0 Å². The van der Waals surface area contributed by atoms with Crippen LogP contribution in [0.25, 0.3) is 0 Å². The molecule has 0 radical (unpaired) electrons. The number of esters is 1. The van der Waals surface area contributed by atoms with Crippen molar-refractivity contribution in [3.63, 3.8) is 0 Å². The van der Waals surface area contributed by atoms with E-state index in [1.54, 1.807) is 26.0 Å². The van der Waals surface area contributed by atoms with Crippen LogP contribution in [0.4, 0.5) is 0 Å². The van der Waals surface area contributed by atoms with E-state index in [-0.39, 0.29) is 29.4 Å². The lowest BCUT2D eigenvalue weighted by molar-refractivity contribution is 0.0599. The van der Waals surface area contributed by atoms with Crippen molar-refractivity contribution in [3.05, 3.63) is 46.3 Å². The highest BCUT2D eigenvalue weighted by molar-refractivity contribution is 6.02. The number of carbonyl (C=O) groups excluding carboxylic acids is 3. The van der Waals surface area contributed by atoms with Crippen molar-refractivity contribution in [3.8, 4) is 11.5 Å². The predicted molar refractivity (Wildman–Crippen MR) is 89.8 cm³/mol. The molecule has 1 N–H and O–H groups in total. The zero-order valence-corrected chi connectivity index (χ0v) is 14.5. The van der Waals surface area contributed by atoms with Gasteiger partial charge in [0, 0.05) is 5.69 Å². The molecule has 132 valence electrons. The molecule has 1 aromatic heterocycles. The van der Waals surface area contributed by atoms with E-state index < -0.39 is 5.97 Å². The molecule has 0 aliphatic carbocycles. The molecule has 7 nitrogen and oxygen atoms in total. The number of aldehydes is 1. The van der Waals surface area contributed by atoms with Crippen LogP contribution in [0.15, 0.2) is 18.2 Å². The zero-order valence-electron chi connectivity index (χ0n) is 14.5. The van der Waals surface area contributed by atoms with Crippen LogP contribution in [0.1, 0.15) is 42.5 Å². The number of H-pyrrole nitrogens is 1. The fourth-order valence-corrected chi connectivity index (χ4v) is 2.53. The number of ether oxygens (including phenoxy) is 3. The molecule has 2 rings (SSSR count). The maximum Gasteiger partial charge on any atom is 0.339 e. The molecule has 0 saturated heterocycles. The van der Waals surface area contributed by atoms with E-state index in [9.17, 15) is 14.4 Å². The van der Waals surface area contributed by atoms with Gasteiger partial charge >= 0.3 is 5.97 Å². The third-order valence-electron chi connectivity index (χ3n) is 3.81. The average Bonchev–Trinajstić information content (AvgIpc) is 2.93. The van der Waals surface area contributed by atoms with E-state index in [1.807, 2.05) is 0 Å². The summed E-state index contributed by atoms with van der Waals surface area (Å²) >= 11 is 0. The number of Topliss-reactive ketones (excluding diaryl/α,β-unsaturated/α-hetero) is 1. The van der Waals surface area contributed by atoms with Crippen LogP contribution in [-0.2, 0) is 4.74 Å². The Hall–Kier alpha value is -3.09. The molecule has 25 heavy (non-hydrogen) atoms. The quantitative estimate of drug-likeness (QED) is 0.471. The smallest absolute Gasteiger partial charge is 0.339 e. The molecular weight excluding hydrogens is 326 g/mol. The van der Waals surface area contributed by atoms with Crippen molar-refractivity contribution in [1.82, 2.24) is 4.98 Å². The minimum Gasteiger partial charge on any atom is -0.497 e. The Balaban J connectivity index is 2.19. The van der Waals surface area contributed by atoms with E-state index in [0.717, 1.165) is 0 Å². The lowest BCUT2D eigenvalue weighted by Gasteiger charge is -2.09. The van der Waals surface area contributed by atoms with Crippen LogP contribution < -0.4 is 9.47 Å². The van der Waals surface area contributed by atoms with E-state index in [2.05, 4.69) is 4.98 Å². The summed E-state index contributed by atoms with van der Waals surface area (Å²) in [6.07, 6.45) is 0.627. The number of aromatic amines is 1. The SMILES string of the molecule is COC(=O)c1c(C)[nH]c(C(=O)COc2ccc(OC)cc2C=O)c1C. The summed E-state index contributed by atoms with van der Waals surface area (Å²) in [7, 11) is 2.77. The van der Waals surface area contributed by atoms with Gasteiger partial charge in [-0.15, -0.1) is 0 Å². The van der Waals surface area contributed by atoms with E-state index >= 15 is 0 Å². The number of hydrogen-bond acceptors (Lipinski definition) is 6. The maximum absolute atomic E-state index is 12.4. The number of carbonyl (C=O) groups is 3. The summed E-state index contributed by atoms with van der Waals surface area (Å²) in [6, 6.07) is 4.71. The van der Waals surface area contributed by atoms with Crippen molar-refractivity contribution in [2.45, 2.75) is 13.8 Å². The van der Waals surface area contributed by atoms with Gasteiger partial charge in [0.2, 0.25) is 5.78 Å². The normalized spacial score (nSPS) is 10.2. The van der Waals surface area contributed by atoms with Gasteiger partial charge in [0.1, 0.15) is 11.5 Å². The van der Waals surface area contributed by atoms with Gasteiger partial charge in [-0.3, -0.25) is 9.59 Å². The van der Waals surface area contributed by atoms with Crippen molar-refractivity contribution in [1.29, 1.82) is 0 Å². The minimum atomic E-state index is -0.510. The highest BCUT2D eigenvalue weighted by Gasteiger charge is 2.22. The van der Waals surface area contributed by atoms with Crippen LogP contribution in [0.2, 0.25) is 0 Å². The van der Waals surface area contributed by atoms with E-state index in [0.29, 0.717) is 28.9 Å². The van der Waals surface area contributed by atoms with Gasteiger partial charge in [-0.1, -0.05) is 0 Å². The van der Waals surface area contributed by atoms with Gasteiger partial charge in [0.05, 0.1) is 31.0 Å². The summed E-state index contributed by atoms with van der Waals surface area (Å²) < 4.78 is 15.2. The lowest BCUT2D eigenvalue weighted by Crippen LogP contribution is -2.14. The molecule has 0 unspecified atom stereocenters. The molecule has 0 atom stereocenters. The molecule has 0 aliphatic heterocycles. The van der Waals surface area contributed by atoms with Gasteiger partial charge in [-0.2, -0.15) is 0 Å². The zero-order chi connectivity index (χ0) is 18.6. The van der Waals surface area contributed by atoms with Crippen molar-refractivity contribution >= 4 is 18.0 Å². The number of nitrogens with one attached hydrogen (secondary N) is 1. The number of rotatable bonds is 7. The van der Waals surface area contributed by atoms with E-state index in [4.69, 9.17) is 14.2 Å². The van der Waals surface area contributed by atoms with Gasteiger partial charge in [-0.05, 0) is 37.6 Å². The van der Waals surface area contributed by atoms with Gasteiger partial charge < -0.3 is 19.2 Å². The number of hydrogen-bond donors (Lipinski definition) is 1. The number of ketones is 1. The molecule has 0 aliphatic rings. The summed E-state index contributed by atoms with van der Waals surface area (Å²) in [5, 5.41) is 0. The molecule has 7 heteroatoms. The average molecular weight is 345 g/mol. The highest BCUT2D eigenvalue weighted by Crippen LogP contribution is 2.24. The molecule has 0 fully saturated rings. The van der Waals surface area contributed by atoms with Gasteiger partial charge in [0.15, 0.2) is 12.9 Å². The first-order valence-electron chi connectivity index (χ1n) is 7.49. The lowest BCUT2D eigenvalue weighted by atomic mass is 10.1. The second kappa shape index (κ2) is 7.65. The minimum absolute atomic E-state index is 0.276. The number of methoxy groups -OCH3 is 2.